The van der Waals surface area contributed by atoms with E-state index in [9.17, 15) is 0 Å². The second-order valence-electron chi connectivity index (χ2n) is 4.70. The van der Waals surface area contributed by atoms with E-state index in [1.165, 1.54) is 0 Å². The molecule has 1 N–H and O–H groups in total. The molecule has 1 aromatic heterocycles. The number of hydrogen-bond donors (Lipinski definition) is 1. The van der Waals surface area contributed by atoms with Crippen LogP contribution in [0.5, 0.6) is 5.75 Å². The molecule has 0 bridgehead atoms. The van der Waals surface area contributed by atoms with Crippen LogP contribution >= 0.6 is 22.6 Å². The Labute approximate surface area is 133 Å². The molecule has 0 radical (unpaired) electrons. The van der Waals surface area contributed by atoms with Crippen LogP contribution in [-0.2, 0) is 0 Å². The first-order valence-corrected chi connectivity index (χ1v) is 7.55. The maximum atomic E-state index is 5.40. The molecular weight excluding hydrogens is 365 g/mol. The molecule has 0 aliphatic carbocycles. The molecule has 0 amide bonds. The molecule has 0 fully saturated rings. The van der Waals surface area contributed by atoms with Gasteiger partial charge < -0.3 is 10.1 Å². The Balaban J connectivity index is 2.65. The Hall–Kier alpha value is -1.37. The lowest BCUT2D eigenvalue weighted by Crippen LogP contribution is -2.07. The topological polar surface area (TPSA) is 47.0 Å². The Morgan fingerprint density at radius 1 is 1.20 bits per heavy atom. The molecule has 0 spiro atoms. The standard InChI is InChI=1S/C15H18IN3O/c1-9(2)13-12(16)15(17-3)19-14(18-13)10-7-5-6-8-11(10)20-4/h5-9H,1-4H3,(H,17,18,19). The molecule has 4 nitrogen and oxygen atoms in total. The van der Waals surface area contributed by atoms with Gasteiger partial charge in [-0.3, -0.25) is 0 Å². The second-order valence-corrected chi connectivity index (χ2v) is 5.78. The lowest BCUT2D eigenvalue weighted by Gasteiger charge is -2.14. The van der Waals surface area contributed by atoms with E-state index < -0.39 is 0 Å². The van der Waals surface area contributed by atoms with Crippen LogP contribution in [0.3, 0.4) is 0 Å². The minimum atomic E-state index is 0.338. The highest BCUT2D eigenvalue weighted by atomic mass is 127. The summed E-state index contributed by atoms with van der Waals surface area (Å²) in [5.74, 6) is 2.66. The molecule has 106 valence electrons. The molecule has 0 aliphatic rings. The van der Waals surface area contributed by atoms with Gasteiger partial charge in [0.2, 0.25) is 0 Å². The van der Waals surface area contributed by atoms with Crippen molar-refractivity contribution in [1.82, 2.24) is 9.97 Å². The monoisotopic (exact) mass is 383 g/mol. The molecule has 1 heterocycles. The fraction of sp³-hybridized carbons (Fsp3) is 0.333. The number of aromatic nitrogens is 2. The third kappa shape index (κ3) is 2.87. The van der Waals surface area contributed by atoms with E-state index in [1.807, 2.05) is 31.3 Å². The lowest BCUT2D eigenvalue weighted by atomic mass is 10.1. The van der Waals surface area contributed by atoms with Crippen molar-refractivity contribution in [2.75, 3.05) is 19.5 Å². The Morgan fingerprint density at radius 3 is 2.50 bits per heavy atom. The largest absolute Gasteiger partial charge is 0.496 e. The van der Waals surface area contributed by atoms with E-state index in [-0.39, 0.29) is 0 Å². The number of para-hydroxylation sites is 1. The zero-order valence-electron chi connectivity index (χ0n) is 12.1. The van der Waals surface area contributed by atoms with E-state index in [0.717, 1.165) is 26.4 Å². The van der Waals surface area contributed by atoms with Gasteiger partial charge in [-0.25, -0.2) is 9.97 Å². The molecule has 20 heavy (non-hydrogen) atoms. The highest BCUT2D eigenvalue weighted by Crippen LogP contribution is 2.32. The maximum absolute atomic E-state index is 5.40. The summed E-state index contributed by atoms with van der Waals surface area (Å²) < 4.78 is 6.47. The quantitative estimate of drug-likeness (QED) is 0.814. The third-order valence-electron chi connectivity index (χ3n) is 3.01. The number of anilines is 1. The van der Waals surface area contributed by atoms with Gasteiger partial charge in [-0.05, 0) is 40.6 Å². The number of nitrogens with zero attached hydrogens (tertiary/aromatic N) is 2. The molecule has 2 aromatic rings. The van der Waals surface area contributed by atoms with Crippen molar-refractivity contribution in [1.29, 1.82) is 0 Å². The van der Waals surface area contributed by atoms with Gasteiger partial charge in [-0.15, -0.1) is 0 Å². The van der Waals surface area contributed by atoms with E-state index in [1.54, 1.807) is 7.11 Å². The molecule has 0 aliphatic heterocycles. The number of rotatable bonds is 4. The van der Waals surface area contributed by atoms with Crippen molar-refractivity contribution >= 4 is 28.4 Å². The van der Waals surface area contributed by atoms with Gasteiger partial charge >= 0.3 is 0 Å². The minimum Gasteiger partial charge on any atom is -0.496 e. The van der Waals surface area contributed by atoms with Crippen LogP contribution < -0.4 is 10.1 Å². The summed E-state index contributed by atoms with van der Waals surface area (Å²) in [4.78, 5) is 9.32. The number of methoxy groups -OCH3 is 1. The van der Waals surface area contributed by atoms with E-state index >= 15 is 0 Å². The van der Waals surface area contributed by atoms with Crippen molar-refractivity contribution < 1.29 is 4.74 Å². The van der Waals surface area contributed by atoms with Gasteiger partial charge in [-0.2, -0.15) is 0 Å². The predicted molar refractivity (Wildman–Crippen MR) is 90.4 cm³/mol. The zero-order valence-corrected chi connectivity index (χ0v) is 14.2. The van der Waals surface area contributed by atoms with E-state index in [2.05, 4.69) is 46.7 Å². The summed E-state index contributed by atoms with van der Waals surface area (Å²) in [7, 11) is 3.54. The van der Waals surface area contributed by atoms with Crippen molar-refractivity contribution in [2.45, 2.75) is 19.8 Å². The summed E-state index contributed by atoms with van der Waals surface area (Å²) in [5, 5.41) is 3.14. The average molecular weight is 383 g/mol. The number of nitrogens with one attached hydrogen (secondary N) is 1. The lowest BCUT2D eigenvalue weighted by molar-refractivity contribution is 0.416. The molecule has 0 atom stereocenters. The summed E-state index contributed by atoms with van der Waals surface area (Å²) in [5.41, 5.74) is 1.95. The Kier molecular flexibility index (Phi) is 4.80. The SMILES string of the molecule is CNc1nc(-c2ccccc2OC)nc(C(C)C)c1I. The van der Waals surface area contributed by atoms with Crippen LogP contribution in [0.15, 0.2) is 24.3 Å². The summed E-state index contributed by atoms with van der Waals surface area (Å²) in [6.45, 7) is 4.27. The van der Waals surface area contributed by atoms with Gasteiger partial charge in [-0.1, -0.05) is 26.0 Å². The van der Waals surface area contributed by atoms with Crippen molar-refractivity contribution in [3.05, 3.63) is 33.5 Å². The third-order valence-corrected chi connectivity index (χ3v) is 4.07. The van der Waals surface area contributed by atoms with Crippen LogP contribution in [0.4, 0.5) is 5.82 Å². The van der Waals surface area contributed by atoms with Crippen molar-refractivity contribution in [3.8, 4) is 17.1 Å². The number of ether oxygens (including phenoxy) is 1. The van der Waals surface area contributed by atoms with Crippen LogP contribution in [0, 0.1) is 3.57 Å². The van der Waals surface area contributed by atoms with Gasteiger partial charge in [0.05, 0.1) is 21.9 Å². The fourth-order valence-electron chi connectivity index (χ4n) is 1.96. The van der Waals surface area contributed by atoms with Gasteiger partial charge in [0.1, 0.15) is 11.6 Å². The molecule has 1 aromatic carbocycles. The van der Waals surface area contributed by atoms with Gasteiger partial charge in [0.15, 0.2) is 5.82 Å². The zero-order chi connectivity index (χ0) is 14.7. The Morgan fingerprint density at radius 2 is 1.90 bits per heavy atom. The van der Waals surface area contributed by atoms with Crippen LogP contribution in [-0.4, -0.2) is 24.1 Å². The maximum Gasteiger partial charge on any atom is 0.165 e. The van der Waals surface area contributed by atoms with Gasteiger partial charge in [0, 0.05) is 7.05 Å². The first kappa shape index (κ1) is 15.0. The van der Waals surface area contributed by atoms with Gasteiger partial charge in [0.25, 0.3) is 0 Å². The van der Waals surface area contributed by atoms with Crippen molar-refractivity contribution in [2.24, 2.45) is 0 Å². The molecular formula is C15H18IN3O. The highest BCUT2D eigenvalue weighted by molar-refractivity contribution is 14.1. The normalized spacial score (nSPS) is 10.7. The summed E-state index contributed by atoms with van der Waals surface area (Å²) in [6.07, 6.45) is 0. The van der Waals surface area contributed by atoms with E-state index in [4.69, 9.17) is 9.72 Å². The minimum absolute atomic E-state index is 0.338. The van der Waals surface area contributed by atoms with Crippen LogP contribution in [0.1, 0.15) is 25.5 Å². The molecule has 0 saturated heterocycles. The summed E-state index contributed by atoms with van der Waals surface area (Å²) in [6, 6.07) is 7.81. The first-order chi connectivity index (χ1) is 9.58. The second kappa shape index (κ2) is 6.39. The predicted octanol–water partition coefficient (Wildman–Crippen LogP) is 3.92. The fourth-order valence-corrected chi connectivity index (χ4v) is 3.10. The van der Waals surface area contributed by atoms with Crippen LogP contribution in [0.25, 0.3) is 11.4 Å². The average Bonchev–Trinajstić information content (AvgIpc) is 2.47. The first-order valence-electron chi connectivity index (χ1n) is 6.47. The smallest absolute Gasteiger partial charge is 0.165 e. The number of benzene rings is 1. The summed E-state index contributed by atoms with van der Waals surface area (Å²) >= 11 is 2.29. The van der Waals surface area contributed by atoms with E-state index in [0.29, 0.717) is 11.7 Å². The van der Waals surface area contributed by atoms with Crippen molar-refractivity contribution in [3.63, 3.8) is 0 Å². The molecule has 0 unspecified atom stereocenters. The molecule has 2 rings (SSSR count). The number of halogens is 1. The van der Waals surface area contributed by atoms with Crippen LogP contribution in [0.2, 0.25) is 0 Å². The molecule has 5 heteroatoms. The Bertz CT molecular complexity index is 614. The molecule has 0 saturated carbocycles. The number of hydrogen-bond acceptors (Lipinski definition) is 4. The highest BCUT2D eigenvalue weighted by Gasteiger charge is 2.16.